The van der Waals surface area contributed by atoms with Crippen LogP contribution in [0.2, 0.25) is 5.02 Å². The lowest BCUT2D eigenvalue weighted by molar-refractivity contribution is -0.113. The summed E-state index contributed by atoms with van der Waals surface area (Å²) in [5.41, 5.74) is 3.62. The number of esters is 1. The van der Waals surface area contributed by atoms with Crippen molar-refractivity contribution in [1.82, 2.24) is 20.3 Å². The van der Waals surface area contributed by atoms with Crippen molar-refractivity contribution in [3.8, 4) is 0 Å². The number of amides is 1. The van der Waals surface area contributed by atoms with Crippen LogP contribution in [0, 0.1) is 6.92 Å². The minimum Gasteiger partial charge on any atom is -0.465 e. The van der Waals surface area contributed by atoms with E-state index in [1.165, 1.54) is 25.4 Å². The van der Waals surface area contributed by atoms with E-state index in [1.807, 2.05) is 19.1 Å². The van der Waals surface area contributed by atoms with Gasteiger partial charge in [0, 0.05) is 28.7 Å². The third-order valence-electron chi connectivity index (χ3n) is 5.75. The summed E-state index contributed by atoms with van der Waals surface area (Å²) in [6, 6.07) is 11.4. The van der Waals surface area contributed by atoms with Gasteiger partial charge in [0.2, 0.25) is 11.6 Å². The lowest BCUT2D eigenvalue weighted by Gasteiger charge is -2.27. The molecule has 1 aromatic carbocycles. The molecule has 0 saturated heterocycles. The van der Waals surface area contributed by atoms with Crippen molar-refractivity contribution in [2.45, 2.75) is 19.9 Å². The molecule has 0 saturated carbocycles. The molecule has 5 rings (SSSR count). The molecule has 192 valence electrons. The number of halogens is 1. The fraction of sp³-hybridized carbons (Fsp3) is 0.154. The van der Waals surface area contributed by atoms with Gasteiger partial charge >= 0.3 is 12.0 Å². The molecule has 0 radical (unpaired) electrons. The van der Waals surface area contributed by atoms with E-state index in [0.29, 0.717) is 39.0 Å². The summed E-state index contributed by atoms with van der Waals surface area (Å²) in [5, 5.41) is 9.31. The third kappa shape index (κ3) is 5.04. The van der Waals surface area contributed by atoms with Crippen molar-refractivity contribution < 1.29 is 18.7 Å². The monoisotopic (exact) mass is 531 g/mol. The minimum atomic E-state index is -0.779. The molecule has 1 unspecified atom stereocenters. The number of fused-ring (bicyclic) bond motifs is 1. The highest BCUT2D eigenvalue weighted by molar-refractivity contribution is 6.31. The molecule has 0 aliphatic carbocycles. The van der Waals surface area contributed by atoms with Gasteiger partial charge in [-0.15, -0.1) is 0 Å². The van der Waals surface area contributed by atoms with Crippen LogP contribution in [-0.4, -0.2) is 39.9 Å². The van der Waals surface area contributed by atoms with E-state index < -0.39 is 17.9 Å². The highest BCUT2D eigenvalue weighted by atomic mass is 35.5. The van der Waals surface area contributed by atoms with Crippen molar-refractivity contribution in [3.63, 3.8) is 0 Å². The van der Waals surface area contributed by atoms with Crippen molar-refractivity contribution in [1.29, 1.82) is 0 Å². The second kappa shape index (κ2) is 10.3. The van der Waals surface area contributed by atoms with E-state index in [0.717, 1.165) is 5.56 Å². The van der Waals surface area contributed by atoms with Crippen LogP contribution in [0.5, 0.6) is 0 Å². The SMILES string of the molecule is COC(=O)c1ccnc(NC(=O)C2=C(C)NC(Nc3nc4ncccc4o3)=NC2c2ccc(C)cc2Cl)c1. The van der Waals surface area contributed by atoms with Gasteiger partial charge in [0.15, 0.2) is 5.58 Å². The molecule has 1 atom stereocenters. The van der Waals surface area contributed by atoms with Crippen LogP contribution >= 0.6 is 11.6 Å². The van der Waals surface area contributed by atoms with Gasteiger partial charge in [0.05, 0.1) is 18.2 Å². The van der Waals surface area contributed by atoms with Gasteiger partial charge in [-0.25, -0.2) is 19.8 Å². The number of benzene rings is 1. The third-order valence-corrected chi connectivity index (χ3v) is 6.08. The van der Waals surface area contributed by atoms with E-state index >= 15 is 0 Å². The molecule has 0 spiro atoms. The van der Waals surface area contributed by atoms with Gasteiger partial charge in [-0.05, 0) is 49.7 Å². The van der Waals surface area contributed by atoms with E-state index in [1.54, 1.807) is 31.3 Å². The smallest absolute Gasteiger partial charge is 0.338 e. The van der Waals surface area contributed by atoms with Gasteiger partial charge < -0.3 is 19.8 Å². The van der Waals surface area contributed by atoms with Crippen LogP contribution in [0.25, 0.3) is 11.2 Å². The molecule has 0 fully saturated rings. The largest absolute Gasteiger partial charge is 0.465 e. The number of guanidine groups is 1. The van der Waals surface area contributed by atoms with Gasteiger partial charge in [-0.3, -0.25) is 10.1 Å². The van der Waals surface area contributed by atoms with Gasteiger partial charge in [0.25, 0.3) is 5.91 Å². The summed E-state index contributed by atoms with van der Waals surface area (Å²) in [6.07, 6.45) is 3.03. The quantitative estimate of drug-likeness (QED) is 0.319. The maximum atomic E-state index is 13.5. The summed E-state index contributed by atoms with van der Waals surface area (Å²) in [7, 11) is 1.28. The number of carbonyl (C=O) groups is 2. The number of aliphatic imine (C=N–C) groups is 1. The Labute approximate surface area is 222 Å². The molecule has 4 heterocycles. The number of anilines is 2. The number of hydrogen-bond acceptors (Lipinski definition) is 10. The number of nitrogens with zero attached hydrogens (tertiary/aromatic N) is 4. The van der Waals surface area contributed by atoms with Crippen LogP contribution in [-0.2, 0) is 9.53 Å². The number of hydrogen-bond donors (Lipinski definition) is 3. The number of oxazole rings is 1. The first-order valence-electron chi connectivity index (χ1n) is 11.5. The van der Waals surface area contributed by atoms with Crippen molar-refractivity contribution in [2.24, 2.45) is 4.99 Å². The number of methoxy groups -OCH3 is 1. The molecular formula is C26H22ClN7O4. The van der Waals surface area contributed by atoms with Crippen molar-refractivity contribution in [2.75, 3.05) is 17.7 Å². The number of allylic oxidation sites excluding steroid dienone is 1. The van der Waals surface area contributed by atoms with Crippen LogP contribution in [0.1, 0.15) is 34.5 Å². The van der Waals surface area contributed by atoms with E-state index in [4.69, 9.17) is 25.7 Å². The molecule has 1 aliphatic rings. The minimum absolute atomic E-state index is 0.179. The average Bonchev–Trinajstić information content (AvgIpc) is 3.30. The molecule has 0 bridgehead atoms. The number of carbonyl (C=O) groups excluding carboxylic acids is 2. The van der Waals surface area contributed by atoms with E-state index in [9.17, 15) is 9.59 Å². The number of aromatic nitrogens is 3. The molecular weight excluding hydrogens is 510 g/mol. The highest BCUT2D eigenvalue weighted by Crippen LogP contribution is 2.36. The number of aryl methyl sites for hydroxylation is 1. The molecule has 1 aliphatic heterocycles. The molecule has 1 amide bonds. The number of pyridine rings is 2. The average molecular weight is 532 g/mol. The highest BCUT2D eigenvalue weighted by Gasteiger charge is 2.31. The maximum absolute atomic E-state index is 13.5. The zero-order valence-electron chi connectivity index (χ0n) is 20.6. The number of ether oxygens (including phenoxy) is 1. The second-order valence-electron chi connectivity index (χ2n) is 8.41. The Morgan fingerprint density at radius 3 is 2.71 bits per heavy atom. The molecule has 4 aromatic rings. The van der Waals surface area contributed by atoms with Gasteiger partial charge in [-0.1, -0.05) is 23.7 Å². The predicted molar refractivity (Wildman–Crippen MR) is 142 cm³/mol. The molecule has 11 nitrogen and oxygen atoms in total. The Balaban J connectivity index is 1.49. The maximum Gasteiger partial charge on any atom is 0.338 e. The Morgan fingerprint density at radius 2 is 1.95 bits per heavy atom. The predicted octanol–water partition coefficient (Wildman–Crippen LogP) is 4.39. The summed E-state index contributed by atoms with van der Waals surface area (Å²) >= 11 is 6.61. The Kier molecular flexibility index (Phi) is 6.75. The normalized spacial score (nSPS) is 15.1. The van der Waals surface area contributed by atoms with E-state index in [2.05, 4.69) is 30.9 Å². The van der Waals surface area contributed by atoms with Gasteiger partial charge in [0.1, 0.15) is 11.9 Å². The summed E-state index contributed by atoms with van der Waals surface area (Å²) in [6.45, 7) is 3.66. The first-order valence-corrected chi connectivity index (χ1v) is 11.9. The Bertz CT molecular complexity index is 1600. The zero-order valence-corrected chi connectivity index (χ0v) is 21.3. The van der Waals surface area contributed by atoms with Crippen molar-refractivity contribution >= 4 is 52.5 Å². The summed E-state index contributed by atoms with van der Waals surface area (Å²) in [5.74, 6) is -0.534. The fourth-order valence-electron chi connectivity index (χ4n) is 3.96. The Morgan fingerprint density at radius 1 is 1.11 bits per heavy atom. The number of nitrogens with one attached hydrogen (secondary N) is 3. The summed E-state index contributed by atoms with van der Waals surface area (Å²) in [4.78, 5) is 42.8. The van der Waals surface area contributed by atoms with E-state index in [-0.39, 0.29) is 17.4 Å². The van der Waals surface area contributed by atoms with Crippen LogP contribution in [0.3, 0.4) is 0 Å². The van der Waals surface area contributed by atoms with Crippen molar-refractivity contribution in [3.05, 3.63) is 87.8 Å². The zero-order chi connectivity index (χ0) is 26.8. The summed E-state index contributed by atoms with van der Waals surface area (Å²) < 4.78 is 10.5. The Hall–Kier alpha value is -4.77. The molecule has 38 heavy (non-hydrogen) atoms. The first-order chi connectivity index (χ1) is 18.3. The van der Waals surface area contributed by atoms with Crippen LogP contribution in [0.4, 0.5) is 11.8 Å². The molecule has 12 heteroatoms. The molecule has 3 aromatic heterocycles. The topological polar surface area (TPSA) is 144 Å². The number of rotatable bonds is 5. The first kappa shape index (κ1) is 24.9. The van der Waals surface area contributed by atoms with Crippen LogP contribution < -0.4 is 16.0 Å². The standard InChI is InChI=1S/C26H22ClN7O4/c1-13-6-7-16(17(27)11-13)21-20(23(35)31-19-12-15(8-10-28-19)24(36)37-3)14(2)30-25(32-21)34-26-33-22-18(38-26)5-4-9-29-22/h4-12,21H,1-3H3,(H,28,31,35)(H2,29,30,32,33,34). The lowest BCUT2D eigenvalue weighted by Crippen LogP contribution is -2.37. The lowest BCUT2D eigenvalue weighted by atomic mass is 9.95. The van der Waals surface area contributed by atoms with Crippen LogP contribution in [0.15, 0.2) is 75.5 Å². The fourth-order valence-corrected chi connectivity index (χ4v) is 4.30. The molecule has 3 N–H and O–H groups in total. The van der Waals surface area contributed by atoms with Gasteiger partial charge in [-0.2, -0.15) is 4.98 Å². The second-order valence-corrected chi connectivity index (χ2v) is 8.82.